The van der Waals surface area contributed by atoms with E-state index < -0.39 is 0 Å². The minimum absolute atomic E-state index is 0.280. The Morgan fingerprint density at radius 3 is 2.92 bits per heavy atom. The van der Waals surface area contributed by atoms with Crippen LogP contribution in [0.25, 0.3) is 0 Å². The van der Waals surface area contributed by atoms with E-state index in [1.54, 1.807) is 0 Å². The molecule has 0 aromatic heterocycles. The van der Waals surface area contributed by atoms with Crippen molar-refractivity contribution in [3.8, 4) is 6.07 Å². The van der Waals surface area contributed by atoms with Gasteiger partial charge in [-0.05, 0) is 18.6 Å². The summed E-state index contributed by atoms with van der Waals surface area (Å²) in [5.41, 5.74) is 7.72. The summed E-state index contributed by atoms with van der Waals surface area (Å²) in [5, 5.41) is 9.12. The molecule has 0 aliphatic heterocycles. The van der Waals surface area contributed by atoms with Crippen LogP contribution in [0.3, 0.4) is 0 Å². The zero-order valence-electron chi connectivity index (χ0n) is 7.42. The molecule has 0 saturated heterocycles. The zero-order valence-corrected chi connectivity index (χ0v) is 8.17. The van der Waals surface area contributed by atoms with Gasteiger partial charge in [0.05, 0.1) is 12.5 Å². The average molecular weight is 195 g/mol. The highest BCUT2D eigenvalue weighted by atomic mass is 35.5. The van der Waals surface area contributed by atoms with Crippen LogP contribution in [0.2, 0.25) is 5.02 Å². The van der Waals surface area contributed by atoms with Crippen LogP contribution < -0.4 is 5.73 Å². The molecule has 1 aromatic rings. The Hall–Kier alpha value is -1.04. The van der Waals surface area contributed by atoms with Gasteiger partial charge in [0.15, 0.2) is 0 Å². The molecule has 1 rings (SSSR count). The molecule has 0 heterocycles. The number of nitrogens with zero attached hydrogens (tertiary/aromatic N) is 1. The van der Waals surface area contributed by atoms with Crippen LogP contribution >= 0.6 is 11.6 Å². The molecule has 1 aromatic carbocycles. The standard InChI is InChI=1S/C10H11ClN2/c1-7-2-3-9(11)8(6-7)10(13)4-5-12/h2-3,6,10H,4,13H2,1H3/t10-/m1/s1. The number of aryl methyl sites for hydroxylation is 1. The third-order valence-electron chi connectivity index (χ3n) is 1.86. The number of benzene rings is 1. The summed E-state index contributed by atoms with van der Waals surface area (Å²) in [6.45, 7) is 1.97. The highest BCUT2D eigenvalue weighted by molar-refractivity contribution is 6.31. The summed E-state index contributed by atoms with van der Waals surface area (Å²) in [7, 11) is 0. The van der Waals surface area contributed by atoms with Gasteiger partial charge in [0.25, 0.3) is 0 Å². The van der Waals surface area contributed by atoms with Gasteiger partial charge in [0, 0.05) is 11.1 Å². The Labute approximate surface area is 82.9 Å². The van der Waals surface area contributed by atoms with Gasteiger partial charge in [-0.15, -0.1) is 0 Å². The highest BCUT2D eigenvalue weighted by Gasteiger charge is 2.09. The van der Waals surface area contributed by atoms with Crippen molar-refractivity contribution in [3.05, 3.63) is 34.3 Å². The van der Waals surface area contributed by atoms with Gasteiger partial charge in [-0.2, -0.15) is 5.26 Å². The van der Waals surface area contributed by atoms with E-state index in [0.29, 0.717) is 11.4 Å². The molecule has 0 saturated carbocycles. The van der Waals surface area contributed by atoms with E-state index in [4.69, 9.17) is 22.6 Å². The van der Waals surface area contributed by atoms with Crippen molar-refractivity contribution in [2.45, 2.75) is 19.4 Å². The summed E-state index contributed by atoms with van der Waals surface area (Å²) in [6.07, 6.45) is 0.295. The molecule has 0 fully saturated rings. The van der Waals surface area contributed by atoms with Crippen molar-refractivity contribution < 1.29 is 0 Å². The molecule has 13 heavy (non-hydrogen) atoms. The molecule has 1 atom stereocenters. The predicted molar refractivity (Wildman–Crippen MR) is 53.3 cm³/mol. The van der Waals surface area contributed by atoms with E-state index in [0.717, 1.165) is 11.1 Å². The fourth-order valence-corrected chi connectivity index (χ4v) is 1.41. The van der Waals surface area contributed by atoms with Gasteiger partial charge in [0.2, 0.25) is 0 Å². The Bertz CT molecular complexity index is 341. The fraction of sp³-hybridized carbons (Fsp3) is 0.300. The van der Waals surface area contributed by atoms with Gasteiger partial charge >= 0.3 is 0 Å². The SMILES string of the molecule is Cc1ccc(Cl)c([C@H](N)CC#N)c1. The van der Waals surface area contributed by atoms with E-state index in [2.05, 4.69) is 0 Å². The molecule has 0 aliphatic rings. The maximum atomic E-state index is 8.49. The number of nitriles is 1. The van der Waals surface area contributed by atoms with Crippen LogP contribution in [0, 0.1) is 18.3 Å². The third-order valence-corrected chi connectivity index (χ3v) is 2.21. The predicted octanol–water partition coefficient (Wildman–Crippen LogP) is 2.56. The molecule has 0 spiro atoms. The van der Waals surface area contributed by atoms with Crippen LogP contribution in [0.15, 0.2) is 18.2 Å². The maximum Gasteiger partial charge on any atom is 0.0641 e. The average Bonchev–Trinajstić information content (AvgIpc) is 2.09. The first kappa shape index (κ1) is 10.0. The van der Waals surface area contributed by atoms with Crippen molar-refractivity contribution in [2.24, 2.45) is 5.73 Å². The first-order chi connectivity index (χ1) is 6.15. The molecule has 0 amide bonds. The Balaban J connectivity index is 3.00. The van der Waals surface area contributed by atoms with Crippen molar-refractivity contribution in [1.29, 1.82) is 5.26 Å². The third kappa shape index (κ3) is 2.45. The van der Waals surface area contributed by atoms with Crippen LogP contribution in [-0.4, -0.2) is 0 Å². The molecule has 3 heteroatoms. The van der Waals surface area contributed by atoms with E-state index in [1.807, 2.05) is 31.2 Å². The molecule has 0 bridgehead atoms. The van der Waals surface area contributed by atoms with Crippen molar-refractivity contribution in [3.63, 3.8) is 0 Å². The second-order valence-corrected chi connectivity index (χ2v) is 3.40. The quantitative estimate of drug-likeness (QED) is 0.787. The Kier molecular flexibility index (Phi) is 3.30. The van der Waals surface area contributed by atoms with E-state index in [-0.39, 0.29) is 6.04 Å². The number of hydrogen-bond acceptors (Lipinski definition) is 2. The lowest BCUT2D eigenvalue weighted by Gasteiger charge is -2.10. The second-order valence-electron chi connectivity index (χ2n) is 2.99. The van der Waals surface area contributed by atoms with Gasteiger partial charge < -0.3 is 5.73 Å². The first-order valence-corrected chi connectivity index (χ1v) is 4.41. The summed E-state index contributed by atoms with van der Waals surface area (Å²) >= 11 is 5.94. The lowest BCUT2D eigenvalue weighted by molar-refractivity contribution is 0.748. The Morgan fingerprint density at radius 2 is 2.31 bits per heavy atom. The van der Waals surface area contributed by atoms with Crippen LogP contribution in [0.4, 0.5) is 0 Å². The number of hydrogen-bond donors (Lipinski definition) is 1. The van der Waals surface area contributed by atoms with E-state index in [1.165, 1.54) is 0 Å². The number of nitrogens with two attached hydrogens (primary N) is 1. The van der Waals surface area contributed by atoms with Gasteiger partial charge in [-0.25, -0.2) is 0 Å². The topological polar surface area (TPSA) is 49.8 Å². The summed E-state index contributed by atoms with van der Waals surface area (Å²) in [6, 6.07) is 7.40. The monoisotopic (exact) mass is 194 g/mol. The lowest BCUT2D eigenvalue weighted by atomic mass is 10.0. The highest BCUT2D eigenvalue weighted by Crippen LogP contribution is 2.24. The van der Waals surface area contributed by atoms with Crippen molar-refractivity contribution in [2.75, 3.05) is 0 Å². The smallest absolute Gasteiger partial charge is 0.0641 e. The van der Waals surface area contributed by atoms with Gasteiger partial charge in [-0.3, -0.25) is 0 Å². The first-order valence-electron chi connectivity index (χ1n) is 4.03. The summed E-state index contributed by atoms with van der Waals surface area (Å²) in [5.74, 6) is 0. The van der Waals surface area contributed by atoms with Crippen LogP contribution in [-0.2, 0) is 0 Å². The molecule has 0 aliphatic carbocycles. The zero-order chi connectivity index (χ0) is 9.84. The van der Waals surface area contributed by atoms with Gasteiger partial charge in [-0.1, -0.05) is 29.3 Å². The van der Waals surface area contributed by atoms with E-state index in [9.17, 15) is 0 Å². The molecular formula is C10H11ClN2. The molecule has 0 radical (unpaired) electrons. The largest absolute Gasteiger partial charge is 0.323 e. The summed E-state index contributed by atoms with van der Waals surface area (Å²) in [4.78, 5) is 0. The number of halogens is 1. The normalized spacial score (nSPS) is 12.2. The van der Waals surface area contributed by atoms with Crippen LogP contribution in [0.1, 0.15) is 23.6 Å². The van der Waals surface area contributed by atoms with Gasteiger partial charge in [0.1, 0.15) is 0 Å². The van der Waals surface area contributed by atoms with Crippen molar-refractivity contribution in [1.82, 2.24) is 0 Å². The molecule has 2 N–H and O–H groups in total. The molecule has 0 unspecified atom stereocenters. The van der Waals surface area contributed by atoms with E-state index >= 15 is 0 Å². The Morgan fingerprint density at radius 1 is 1.62 bits per heavy atom. The fourth-order valence-electron chi connectivity index (χ4n) is 1.16. The second kappa shape index (κ2) is 4.27. The maximum absolute atomic E-state index is 8.49. The van der Waals surface area contributed by atoms with Crippen LogP contribution in [0.5, 0.6) is 0 Å². The molecule has 2 nitrogen and oxygen atoms in total. The molecule has 68 valence electrons. The minimum atomic E-state index is -0.280. The number of rotatable bonds is 2. The summed E-state index contributed by atoms with van der Waals surface area (Å²) < 4.78 is 0. The lowest BCUT2D eigenvalue weighted by Crippen LogP contribution is -2.09. The van der Waals surface area contributed by atoms with Crippen molar-refractivity contribution >= 4 is 11.6 Å². The molecular weight excluding hydrogens is 184 g/mol. The minimum Gasteiger partial charge on any atom is -0.323 e.